The smallest absolute Gasteiger partial charge is 0.323 e. The lowest BCUT2D eigenvalue weighted by atomic mass is 10.00. The highest BCUT2D eigenvalue weighted by molar-refractivity contribution is 5.78. The van der Waals surface area contributed by atoms with Gasteiger partial charge < -0.3 is 15.9 Å². The number of carboxylic acid groups (broad SMARTS) is 1. The second kappa shape index (κ2) is 2.21. The molecule has 4 nitrogen and oxygen atoms in total. The first-order valence-corrected chi connectivity index (χ1v) is 3.25. The summed E-state index contributed by atoms with van der Waals surface area (Å²) < 4.78 is 0. The second-order valence-electron chi connectivity index (χ2n) is 2.86. The minimum Gasteiger partial charge on any atom is -0.480 e. The molecule has 0 radical (unpaired) electrons. The van der Waals surface area contributed by atoms with Gasteiger partial charge in [-0.15, -0.1) is 0 Å². The van der Waals surface area contributed by atoms with Crippen molar-refractivity contribution in [2.45, 2.75) is 30.9 Å². The van der Waals surface area contributed by atoms with Crippen LogP contribution in [0.15, 0.2) is 0 Å². The summed E-state index contributed by atoms with van der Waals surface area (Å²) in [5.41, 5.74) is 4.27. The van der Waals surface area contributed by atoms with Crippen LogP contribution in [-0.4, -0.2) is 27.8 Å². The van der Waals surface area contributed by atoms with E-state index in [1.54, 1.807) is 0 Å². The topological polar surface area (TPSA) is 83.6 Å². The van der Waals surface area contributed by atoms with Crippen LogP contribution < -0.4 is 5.73 Å². The summed E-state index contributed by atoms with van der Waals surface area (Å²) >= 11 is 0. The fourth-order valence-electron chi connectivity index (χ4n) is 1.24. The zero-order valence-electron chi connectivity index (χ0n) is 5.58. The van der Waals surface area contributed by atoms with Crippen molar-refractivity contribution in [2.24, 2.45) is 5.73 Å². The molecule has 0 bridgehead atoms. The predicted octanol–water partition coefficient (Wildman–Crippen LogP) is -0.687. The minimum absolute atomic E-state index is 0.183. The number of hydrogen-bond acceptors (Lipinski definition) is 3. The van der Waals surface area contributed by atoms with Gasteiger partial charge in [0.15, 0.2) is 0 Å². The van der Waals surface area contributed by atoms with Gasteiger partial charge in [-0.25, -0.2) is 0 Å². The van der Waals surface area contributed by atoms with E-state index < -0.39 is 17.6 Å². The number of hydrogen-bond donors (Lipinski definition) is 3. The van der Waals surface area contributed by atoms with Crippen molar-refractivity contribution in [1.82, 2.24) is 0 Å². The molecular formula is C6H11NO3. The fourth-order valence-corrected chi connectivity index (χ4v) is 1.24. The largest absolute Gasteiger partial charge is 0.480 e. The Kier molecular flexibility index (Phi) is 1.66. The van der Waals surface area contributed by atoms with E-state index in [-0.39, 0.29) is 6.42 Å². The third kappa shape index (κ3) is 1.12. The first-order chi connectivity index (χ1) is 4.54. The molecule has 0 aromatic carbocycles. The SMILES string of the molecule is N[C@]1(C(=O)O)CC[C@H](O)C1. The number of rotatable bonds is 1. The second-order valence-corrected chi connectivity index (χ2v) is 2.86. The van der Waals surface area contributed by atoms with Crippen molar-refractivity contribution in [1.29, 1.82) is 0 Å². The molecule has 4 heteroatoms. The van der Waals surface area contributed by atoms with E-state index in [0.717, 1.165) is 0 Å². The maximum Gasteiger partial charge on any atom is 0.323 e. The molecule has 4 N–H and O–H groups in total. The normalized spacial score (nSPS) is 40.0. The zero-order chi connectivity index (χ0) is 7.78. The van der Waals surface area contributed by atoms with Crippen molar-refractivity contribution >= 4 is 5.97 Å². The number of carbonyl (C=O) groups is 1. The summed E-state index contributed by atoms with van der Waals surface area (Å²) in [5, 5.41) is 17.5. The van der Waals surface area contributed by atoms with Crippen LogP contribution in [0.3, 0.4) is 0 Å². The Balaban J connectivity index is 2.63. The van der Waals surface area contributed by atoms with Crippen molar-refractivity contribution < 1.29 is 15.0 Å². The molecule has 0 heterocycles. The predicted molar refractivity (Wildman–Crippen MR) is 34.4 cm³/mol. The first kappa shape index (κ1) is 7.50. The third-order valence-electron chi connectivity index (χ3n) is 1.95. The average molecular weight is 145 g/mol. The van der Waals surface area contributed by atoms with Crippen molar-refractivity contribution in [3.05, 3.63) is 0 Å². The van der Waals surface area contributed by atoms with Gasteiger partial charge in [-0.05, 0) is 12.8 Å². The Morgan fingerprint density at radius 1 is 1.70 bits per heavy atom. The molecule has 0 aliphatic heterocycles. The first-order valence-electron chi connectivity index (χ1n) is 3.25. The highest BCUT2D eigenvalue weighted by Gasteiger charge is 2.41. The monoisotopic (exact) mass is 145 g/mol. The molecule has 0 amide bonds. The quantitative estimate of drug-likeness (QED) is 0.456. The van der Waals surface area contributed by atoms with E-state index in [1.807, 2.05) is 0 Å². The van der Waals surface area contributed by atoms with Crippen LogP contribution in [-0.2, 0) is 4.79 Å². The van der Waals surface area contributed by atoms with Gasteiger partial charge in [-0.3, -0.25) is 4.79 Å². The summed E-state index contributed by atoms with van der Waals surface area (Å²) in [6.07, 6.45) is 0.537. The molecule has 0 unspecified atom stereocenters. The Hall–Kier alpha value is -0.610. The summed E-state index contributed by atoms with van der Waals surface area (Å²) in [4.78, 5) is 10.4. The molecule has 1 aliphatic carbocycles. The summed E-state index contributed by atoms with van der Waals surface area (Å²) in [7, 11) is 0. The minimum atomic E-state index is -1.17. The third-order valence-corrected chi connectivity index (χ3v) is 1.95. The molecule has 1 rings (SSSR count). The van der Waals surface area contributed by atoms with Crippen LogP contribution in [0, 0.1) is 0 Å². The van der Waals surface area contributed by atoms with Gasteiger partial charge in [-0.1, -0.05) is 0 Å². The van der Waals surface area contributed by atoms with E-state index >= 15 is 0 Å². The van der Waals surface area contributed by atoms with E-state index in [2.05, 4.69) is 0 Å². The zero-order valence-corrected chi connectivity index (χ0v) is 5.58. The van der Waals surface area contributed by atoms with Crippen LogP contribution in [0.1, 0.15) is 19.3 Å². The van der Waals surface area contributed by atoms with Crippen molar-refractivity contribution in [2.75, 3.05) is 0 Å². The molecule has 1 aliphatic rings. The van der Waals surface area contributed by atoms with Crippen LogP contribution >= 0.6 is 0 Å². The molecule has 1 saturated carbocycles. The van der Waals surface area contributed by atoms with E-state index in [9.17, 15) is 4.79 Å². The fraction of sp³-hybridized carbons (Fsp3) is 0.833. The number of aliphatic hydroxyl groups excluding tert-OH is 1. The van der Waals surface area contributed by atoms with Gasteiger partial charge in [0.05, 0.1) is 6.10 Å². The van der Waals surface area contributed by atoms with Gasteiger partial charge in [0.2, 0.25) is 0 Å². The van der Waals surface area contributed by atoms with E-state index in [4.69, 9.17) is 15.9 Å². The standard InChI is InChI=1S/C6H11NO3/c7-6(5(9)10)2-1-4(8)3-6/h4,8H,1-3,7H2,(H,9,10)/t4-,6+/m0/s1. The van der Waals surface area contributed by atoms with Crippen LogP contribution in [0.25, 0.3) is 0 Å². The highest BCUT2D eigenvalue weighted by atomic mass is 16.4. The summed E-state index contributed by atoms with van der Waals surface area (Å²) in [6.45, 7) is 0. The Morgan fingerprint density at radius 2 is 2.30 bits per heavy atom. The van der Waals surface area contributed by atoms with Crippen LogP contribution in [0.4, 0.5) is 0 Å². The lowest BCUT2D eigenvalue weighted by Gasteiger charge is -2.16. The highest BCUT2D eigenvalue weighted by Crippen LogP contribution is 2.27. The number of carboxylic acids is 1. The molecule has 2 atom stereocenters. The number of aliphatic carboxylic acids is 1. The van der Waals surface area contributed by atoms with Crippen molar-refractivity contribution in [3.8, 4) is 0 Å². The maximum absolute atomic E-state index is 10.4. The summed E-state index contributed by atoms with van der Waals surface area (Å²) in [5.74, 6) is -1.01. The molecule has 0 spiro atoms. The number of aliphatic hydroxyl groups is 1. The van der Waals surface area contributed by atoms with Gasteiger partial charge >= 0.3 is 5.97 Å². The van der Waals surface area contributed by atoms with Gasteiger partial charge in [0.1, 0.15) is 5.54 Å². The van der Waals surface area contributed by atoms with Crippen molar-refractivity contribution in [3.63, 3.8) is 0 Å². The van der Waals surface area contributed by atoms with E-state index in [1.165, 1.54) is 0 Å². The van der Waals surface area contributed by atoms with Crippen LogP contribution in [0.5, 0.6) is 0 Å². The molecular weight excluding hydrogens is 134 g/mol. The lowest BCUT2D eigenvalue weighted by Crippen LogP contribution is -2.45. The average Bonchev–Trinajstić information content (AvgIpc) is 2.13. The van der Waals surface area contributed by atoms with E-state index in [0.29, 0.717) is 12.8 Å². The Bertz CT molecular complexity index is 159. The Labute approximate surface area is 58.6 Å². The molecule has 58 valence electrons. The van der Waals surface area contributed by atoms with Crippen LogP contribution in [0.2, 0.25) is 0 Å². The maximum atomic E-state index is 10.4. The number of nitrogens with two attached hydrogens (primary N) is 1. The summed E-state index contributed by atoms with van der Waals surface area (Å²) in [6, 6.07) is 0. The molecule has 0 aromatic rings. The van der Waals surface area contributed by atoms with Gasteiger partial charge in [-0.2, -0.15) is 0 Å². The molecule has 1 fully saturated rings. The lowest BCUT2D eigenvalue weighted by molar-refractivity contribution is -0.143. The Morgan fingerprint density at radius 3 is 2.50 bits per heavy atom. The molecule has 0 aromatic heterocycles. The van der Waals surface area contributed by atoms with Gasteiger partial charge in [0, 0.05) is 6.42 Å². The van der Waals surface area contributed by atoms with Gasteiger partial charge in [0.25, 0.3) is 0 Å². The molecule has 10 heavy (non-hydrogen) atoms. The molecule has 0 saturated heterocycles.